The third-order valence-corrected chi connectivity index (χ3v) is 5.31. The van der Waals surface area contributed by atoms with Crippen molar-refractivity contribution in [3.63, 3.8) is 0 Å². The number of rotatable bonds is 4. The van der Waals surface area contributed by atoms with Crippen LogP contribution in [-0.4, -0.2) is 25.8 Å². The van der Waals surface area contributed by atoms with Crippen LogP contribution in [-0.2, 0) is 0 Å². The van der Waals surface area contributed by atoms with E-state index in [0.717, 1.165) is 10.9 Å². The number of anilines is 2. The van der Waals surface area contributed by atoms with Crippen molar-refractivity contribution >= 4 is 39.8 Å². The summed E-state index contributed by atoms with van der Waals surface area (Å²) < 4.78 is 0. The van der Waals surface area contributed by atoms with Gasteiger partial charge in [-0.25, -0.2) is 9.97 Å². The minimum atomic E-state index is -0.448. The maximum absolute atomic E-state index is 12.7. The molecule has 0 unspecified atom stereocenters. The second-order valence-electron chi connectivity index (χ2n) is 7.17. The Labute approximate surface area is 192 Å². The zero-order chi connectivity index (χ0) is 22.9. The summed E-state index contributed by atoms with van der Waals surface area (Å²) in [7, 11) is 0. The van der Waals surface area contributed by atoms with Crippen molar-refractivity contribution < 1.29 is 4.79 Å². The van der Waals surface area contributed by atoms with Crippen LogP contribution in [0.1, 0.15) is 16.2 Å². The van der Waals surface area contributed by atoms with Gasteiger partial charge in [-0.05, 0) is 30.5 Å². The summed E-state index contributed by atoms with van der Waals surface area (Å²) in [4.78, 5) is 40.7. The lowest BCUT2D eigenvalue weighted by molar-refractivity contribution is 0.102. The number of hydrogen-bond donors (Lipinski definition) is 4. The zero-order valence-corrected chi connectivity index (χ0v) is 18.0. The van der Waals surface area contributed by atoms with Crippen molar-refractivity contribution in [3.8, 4) is 11.3 Å². The zero-order valence-electron chi connectivity index (χ0n) is 17.3. The molecule has 4 N–H and O–H groups in total. The molecule has 33 heavy (non-hydrogen) atoms. The van der Waals surface area contributed by atoms with Crippen LogP contribution in [0.15, 0.2) is 66.1 Å². The average molecular weight is 461 g/mol. The van der Waals surface area contributed by atoms with E-state index < -0.39 is 5.91 Å². The van der Waals surface area contributed by atoms with Crippen LogP contribution < -0.4 is 26.8 Å². The van der Waals surface area contributed by atoms with Crippen molar-refractivity contribution in [2.75, 3.05) is 10.4 Å². The van der Waals surface area contributed by atoms with Gasteiger partial charge in [-0.3, -0.25) is 25.4 Å². The Hall–Kier alpha value is -4.44. The molecule has 1 aliphatic heterocycles. The molecule has 10 nitrogen and oxygen atoms in total. The second-order valence-corrected chi connectivity index (χ2v) is 7.58. The minimum absolute atomic E-state index is 0.140. The first kappa shape index (κ1) is 20.5. The molecule has 1 aliphatic rings. The van der Waals surface area contributed by atoms with Crippen LogP contribution in [0.2, 0.25) is 5.02 Å². The molecular formula is C22H17ClN8O2. The SMILES string of the molecule is Cc1nc(C(=O)Nc2cnc(N3NC=CN3)c(Cl)c2)cnc1-c1cccc2c(=O)[nH]ccc12. The van der Waals surface area contributed by atoms with Crippen LogP contribution in [0.4, 0.5) is 11.5 Å². The fourth-order valence-electron chi connectivity index (χ4n) is 3.53. The lowest BCUT2D eigenvalue weighted by atomic mass is 10.0. The number of benzene rings is 1. The van der Waals surface area contributed by atoms with Gasteiger partial charge in [0.2, 0.25) is 0 Å². The molecular weight excluding hydrogens is 444 g/mol. The molecule has 1 amide bonds. The number of carbonyl (C=O) groups excluding carboxylic acids is 1. The number of aromatic nitrogens is 4. The van der Waals surface area contributed by atoms with E-state index in [9.17, 15) is 9.59 Å². The second kappa shape index (κ2) is 8.24. The molecule has 0 fully saturated rings. The fraction of sp³-hybridized carbons (Fsp3) is 0.0455. The smallest absolute Gasteiger partial charge is 0.275 e. The van der Waals surface area contributed by atoms with Crippen molar-refractivity contribution in [1.82, 2.24) is 30.8 Å². The van der Waals surface area contributed by atoms with Gasteiger partial charge >= 0.3 is 0 Å². The standard InChI is InChI=1S/C22H17ClN8O2/c1-12-19(15-3-2-4-16-14(15)5-6-24-21(16)32)25-11-18(29-12)22(33)30-13-9-17(23)20(26-10-13)31-27-7-8-28-31/h2-11,27-28H,1H3,(H,24,32)(H,30,33). The van der Waals surface area contributed by atoms with Gasteiger partial charge < -0.3 is 10.3 Å². The summed E-state index contributed by atoms with van der Waals surface area (Å²) in [5.41, 5.74) is 8.11. The number of fused-ring (bicyclic) bond motifs is 1. The highest BCUT2D eigenvalue weighted by molar-refractivity contribution is 6.33. The van der Waals surface area contributed by atoms with Crippen LogP contribution >= 0.6 is 11.6 Å². The molecule has 0 atom stereocenters. The Kier molecular flexibility index (Phi) is 5.11. The number of pyridine rings is 2. The molecule has 164 valence electrons. The third kappa shape index (κ3) is 3.83. The van der Waals surface area contributed by atoms with E-state index in [0.29, 0.717) is 33.3 Å². The maximum Gasteiger partial charge on any atom is 0.275 e. The van der Waals surface area contributed by atoms with E-state index >= 15 is 0 Å². The molecule has 0 radical (unpaired) electrons. The Bertz CT molecular complexity index is 1480. The Morgan fingerprint density at radius 2 is 1.91 bits per heavy atom. The molecule has 0 saturated carbocycles. The van der Waals surface area contributed by atoms with Gasteiger partial charge in [0.25, 0.3) is 11.5 Å². The number of halogens is 1. The quantitative estimate of drug-likeness (QED) is 0.366. The fourth-order valence-corrected chi connectivity index (χ4v) is 3.78. The van der Waals surface area contributed by atoms with Crippen LogP contribution in [0.25, 0.3) is 22.0 Å². The van der Waals surface area contributed by atoms with E-state index in [-0.39, 0.29) is 11.3 Å². The first-order chi connectivity index (χ1) is 16.0. The van der Waals surface area contributed by atoms with Gasteiger partial charge in [0.05, 0.1) is 34.5 Å². The van der Waals surface area contributed by atoms with Crippen LogP contribution in [0.3, 0.4) is 0 Å². The molecule has 0 saturated heterocycles. The van der Waals surface area contributed by atoms with Gasteiger partial charge in [0.1, 0.15) is 5.69 Å². The minimum Gasteiger partial charge on any atom is -0.329 e. The lowest BCUT2D eigenvalue weighted by Gasteiger charge is -2.18. The predicted molar refractivity (Wildman–Crippen MR) is 125 cm³/mol. The van der Waals surface area contributed by atoms with E-state index in [1.807, 2.05) is 12.1 Å². The topological polar surface area (TPSA) is 128 Å². The summed E-state index contributed by atoms with van der Waals surface area (Å²) >= 11 is 6.30. The number of aryl methyl sites for hydroxylation is 1. The number of H-pyrrole nitrogens is 1. The van der Waals surface area contributed by atoms with Crippen LogP contribution in [0.5, 0.6) is 0 Å². The Morgan fingerprint density at radius 1 is 1.09 bits per heavy atom. The number of aromatic amines is 1. The first-order valence-electron chi connectivity index (χ1n) is 9.90. The maximum atomic E-state index is 12.7. The summed E-state index contributed by atoms with van der Waals surface area (Å²) in [5, 5.41) is 5.91. The summed E-state index contributed by atoms with van der Waals surface area (Å²) in [6.07, 6.45) is 7.86. The van der Waals surface area contributed by atoms with E-state index in [4.69, 9.17) is 11.6 Å². The lowest BCUT2D eigenvalue weighted by Crippen LogP contribution is -2.38. The van der Waals surface area contributed by atoms with Gasteiger partial charge in [-0.15, -0.1) is 0 Å². The molecule has 5 rings (SSSR count). The number of hydrogen-bond acceptors (Lipinski definition) is 8. The Balaban J connectivity index is 1.40. The average Bonchev–Trinajstić information content (AvgIpc) is 3.34. The highest BCUT2D eigenvalue weighted by atomic mass is 35.5. The third-order valence-electron chi connectivity index (χ3n) is 5.03. The monoisotopic (exact) mass is 460 g/mol. The number of nitrogens with one attached hydrogen (secondary N) is 4. The van der Waals surface area contributed by atoms with Gasteiger partial charge in [0, 0.05) is 29.5 Å². The molecule has 4 aromatic rings. The van der Waals surface area contributed by atoms with Gasteiger partial charge in [-0.1, -0.05) is 23.7 Å². The molecule has 0 aliphatic carbocycles. The van der Waals surface area contributed by atoms with Gasteiger partial charge in [0.15, 0.2) is 5.82 Å². The molecule has 1 aromatic carbocycles. The van der Waals surface area contributed by atoms with Crippen molar-refractivity contribution in [3.05, 3.63) is 88.1 Å². The van der Waals surface area contributed by atoms with E-state index in [2.05, 4.69) is 36.1 Å². The van der Waals surface area contributed by atoms with Crippen molar-refractivity contribution in [1.29, 1.82) is 0 Å². The van der Waals surface area contributed by atoms with Crippen molar-refractivity contribution in [2.45, 2.75) is 6.92 Å². The summed E-state index contributed by atoms with van der Waals surface area (Å²) in [6, 6.07) is 8.81. The van der Waals surface area contributed by atoms with Gasteiger partial charge in [-0.2, -0.15) is 5.12 Å². The highest BCUT2D eigenvalue weighted by Gasteiger charge is 2.17. The molecule has 3 aromatic heterocycles. The number of amides is 1. The molecule has 4 heterocycles. The molecule has 11 heteroatoms. The predicted octanol–water partition coefficient (Wildman–Crippen LogP) is 2.89. The first-order valence-corrected chi connectivity index (χ1v) is 10.3. The van der Waals surface area contributed by atoms with Crippen LogP contribution in [0, 0.1) is 6.92 Å². The largest absolute Gasteiger partial charge is 0.329 e. The van der Waals surface area contributed by atoms with E-state index in [1.165, 1.54) is 17.5 Å². The highest BCUT2D eigenvalue weighted by Crippen LogP contribution is 2.28. The van der Waals surface area contributed by atoms with Crippen molar-refractivity contribution in [2.24, 2.45) is 0 Å². The number of carbonyl (C=O) groups is 1. The molecule has 0 bridgehead atoms. The number of hydrazine groups is 2. The normalized spacial score (nSPS) is 12.5. The number of nitrogens with zero attached hydrogens (tertiary/aromatic N) is 4. The molecule has 0 spiro atoms. The van der Waals surface area contributed by atoms with E-state index in [1.54, 1.807) is 43.7 Å². The summed E-state index contributed by atoms with van der Waals surface area (Å²) in [5.74, 6) is 0.00444. The summed E-state index contributed by atoms with van der Waals surface area (Å²) in [6.45, 7) is 1.77. The Morgan fingerprint density at radius 3 is 2.67 bits per heavy atom.